The first-order valence-electron chi connectivity index (χ1n) is 17.9. The highest BCUT2D eigenvalue weighted by Gasteiger charge is 2.25. The third kappa shape index (κ3) is 9.41. The van der Waals surface area contributed by atoms with Crippen molar-refractivity contribution in [2.45, 2.75) is 71.6 Å². The molecule has 10 heteroatoms. The molecule has 0 aliphatic carbocycles. The molecule has 2 fully saturated rings. The van der Waals surface area contributed by atoms with E-state index in [0.29, 0.717) is 24.0 Å². The maximum absolute atomic E-state index is 13.6. The number of benzene rings is 2. The van der Waals surface area contributed by atoms with Crippen molar-refractivity contribution in [1.82, 2.24) is 34.6 Å². The molecule has 0 spiro atoms. The number of amides is 1. The van der Waals surface area contributed by atoms with Crippen molar-refractivity contribution in [3.05, 3.63) is 93.4 Å². The molecule has 2 saturated heterocycles. The Morgan fingerprint density at radius 2 is 1.21 bits per heavy atom. The summed E-state index contributed by atoms with van der Waals surface area (Å²) in [5, 5.41) is 3.46. The molecule has 2 aromatic heterocycles. The van der Waals surface area contributed by atoms with Crippen LogP contribution in [0.15, 0.2) is 65.5 Å². The summed E-state index contributed by atoms with van der Waals surface area (Å²) in [4.78, 5) is 47.4. The molecule has 0 atom stereocenters. The zero-order valence-corrected chi connectivity index (χ0v) is 28.6. The molecule has 0 radical (unpaired) electrons. The maximum Gasteiger partial charge on any atom is 0.262 e. The Labute approximate surface area is 284 Å². The van der Waals surface area contributed by atoms with Crippen LogP contribution in [0.1, 0.15) is 67.8 Å². The monoisotopic (exact) mass is 652 g/mol. The average molecular weight is 653 g/mol. The van der Waals surface area contributed by atoms with E-state index in [9.17, 15) is 9.59 Å². The van der Waals surface area contributed by atoms with Crippen LogP contribution < -0.4 is 10.9 Å². The molecule has 1 amide bonds. The summed E-state index contributed by atoms with van der Waals surface area (Å²) in [5.41, 5.74) is 5.10. The number of aromatic amines is 2. The van der Waals surface area contributed by atoms with Crippen LogP contribution in [0.25, 0.3) is 11.0 Å². The fourth-order valence-electron chi connectivity index (χ4n) is 7.01. The fourth-order valence-corrected chi connectivity index (χ4v) is 7.01. The number of rotatable bonds is 15. The lowest BCUT2D eigenvalue weighted by Crippen LogP contribution is -2.46. The van der Waals surface area contributed by atoms with E-state index in [4.69, 9.17) is 4.98 Å². The number of piperazine rings is 2. The lowest BCUT2D eigenvalue weighted by Gasteiger charge is -2.36. The second kappa shape index (κ2) is 17.0. The third-order valence-electron chi connectivity index (χ3n) is 9.81. The van der Waals surface area contributed by atoms with Crippen LogP contribution in [0.2, 0.25) is 0 Å². The molecule has 10 nitrogen and oxygen atoms in total. The van der Waals surface area contributed by atoms with Gasteiger partial charge in [0.05, 0.1) is 5.39 Å². The first-order chi connectivity index (χ1) is 23.5. The van der Waals surface area contributed by atoms with Gasteiger partial charge in [-0.15, -0.1) is 0 Å². The van der Waals surface area contributed by atoms with E-state index >= 15 is 0 Å². The van der Waals surface area contributed by atoms with Gasteiger partial charge in [0.2, 0.25) is 11.9 Å². The molecule has 48 heavy (non-hydrogen) atoms. The van der Waals surface area contributed by atoms with Gasteiger partial charge >= 0.3 is 0 Å². The van der Waals surface area contributed by atoms with Gasteiger partial charge < -0.3 is 4.98 Å². The minimum Gasteiger partial charge on any atom is -0.341 e. The van der Waals surface area contributed by atoms with Gasteiger partial charge in [0.25, 0.3) is 5.56 Å². The number of fused-ring (bicyclic) bond motifs is 1. The molecule has 4 heterocycles. The molecular weight excluding hydrogens is 600 g/mol. The van der Waals surface area contributed by atoms with Crippen molar-refractivity contribution in [1.29, 1.82) is 0 Å². The smallest absolute Gasteiger partial charge is 0.262 e. The van der Waals surface area contributed by atoms with E-state index in [1.54, 1.807) is 0 Å². The predicted molar refractivity (Wildman–Crippen MR) is 193 cm³/mol. The Balaban J connectivity index is 1.14. The van der Waals surface area contributed by atoms with Crippen LogP contribution >= 0.6 is 0 Å². The Hall–Kier alpha value is -3.83. The molecule has 0 bridgehead atoms. The normalized spacial score (nSPS) is 16.9. The number of nitrogens with zero attached hydrogens (tertiary/aromatic N) is 5. The molecule has 3 N–H and O–H groups in total. The first-order valence-corrected chi connectivity index (χ1v) is 17.9. The highest BCUT2D eigenvalue weighted by molar-refractivity contribution is 5.90. The summed E-state index contributed by atoms with van der Waals surface area (Å²) in [5.74, 6) is 0.109. The van der Waals surface area contributed by atoms with Crippen molar-refractivity contribution in [2.24, 2.45) is 0 Å². The lowest BCUT2D eigenvalue weighted by molar-refractivity contribution is -0.116. The fraction of sp³-hybridized carbons (Fsp3) is 0.500. The SMILES string of the molecule is CCCCCCCC(=O)Nc1nc2[nH]c(CN3CCN(Cc4ccccc4)CC3)c(CN3CCN(Cc4ccccc4)CC3)c2c(=O)[nH]1. The molecule has 0 unspecified atom stereocenters. The number of anilines is 1. The second-order valence-electron chi connectivity index (χ2n) is 13.5. The van der Waals surface area contributed by atoms with E-state index in [0.717, 1.165) is 103 Å². The molecule has 2 aromatic carbocycles. The number of carbonyl (C=O) groups is 1. The quantitative estimate of drug-likeness (QED) is 0.152. The van der Waals surface area contributed by atoms with Crippen LogP contribution in [-0.2, 0) is 31.0 Å². The van der Waals surface area contributed by atoms with E-state index in [1.165, 1.54) is 24.0 Å². The second-order valence-corrected chi connectivity index (χ2v) is 13.5. The molecule has 2 aliphatic heterocycles. The van der Waals surface area contributed by atoms with E-state index in [2.05, 4.69) is 102 Å². The summed E-state index contributed by atoms with van der Waals surface area (Å²) >= 11 is 0. The van der Waals surface area contributed by atoms with Gasteiger partial charge in [-0.2, -0.15) is 4.98 Å². The van der Waals surface area contributed by atoms with Crippen molar-refractivity contribution in [2.75, 3.05) is 57.7 Å². The minimum atomic E-state index is -0.203. The van der Waals surface area contributed by atoms with Crippen LogP contribution in [0.5, 0.6) is 0 Å². The Bertz CT molecular complexity index is 1640. The number of nitrogens with one attached hydrogen (secondary N) is 3. The zero-order valence-electron chi connectivity index (χ0n) is 28.6. The van der Waals surface area contributed by atoms with Gasteiger partial charge in [-0.3, -0.25) is 39.5 Å². The van der Waals surface area contributed by atoms with E-state index < -0.39 is 0 Å². The van der Waals surface area contributed by atoms with Gasteiger partial charge in [0.1, 0.15) is 5.65 Å². The van der Waals surface area contributed by atoms with Crippen molar-refractivity contribution in [3.8, 4) is 0 Å². The standard InChI is InChI=1S/C38H52N8O2/c1-2-3-4-5-12-17-34(47)40-38-41-36-35(37(48)42-38)32(28-45-22-18-43(19-23-45)26-30-13-8-6-9-14-30)33(39-36)29-46-24-20-44(21-25-46)27-31-15-10-7-11-16-31/h6-11,13-16H,2-5,12,17-29H2,1H3,(H3,39,40,41,42,47,48). The summed E-state index contributed by atoms with van der Waals surface area (Å²) in [6, 6.07) is 21.3. The van der Waals surface area contributed by atoms with Gasteiger partial charge in [-0.05, 0) is 17.5 Å². The Morgan fingerprint density at radius 1 is 0.688 bits per heavy atom. The Morgan fingerprint density at radius 3 is 1.77 bits per heavy atom. The Kier molecular flexibility index (Phi) is 12.1. The molecule has 6 rings (SSSR count). The number of carbonyl (C=O) groups excluding carboxylic acids is 1. The highest BCUT2D eigenvalue weighted by Crippen LogP contribution is 2.24. The molecule has 256 valence electrons. The number of hydrogen-bond donors (Lipinski definition) is 3. The van der Waals surface area contributed by atoms with Crippen LogP contribution in [-0.4, -0.2) is 92.8 Å². The topological polar surface area (TPSA) is 104 Å². The minimum absolute atomic E-state index is 0.109. The summed E-state index contributed by atoms with van der Waals surface area (Å²) in [7, 11) is 0. The van der Waals surface area contributed by atoms with Crippen molar-refractivity contribution < 1.29 is 4.79 Å². The summed E-state index contributed by atoms with van der Waals surface area (Å²) in [6.07, 6.45) is 5.81. The molecule has 0 saturated carbocycles. The number of aromatic nitrogens is 3. The van der Waals surface area contributed by atoms with E-state index in [-0.39, 0.29) is 17.4 Å². The van der Waals surface area contributed by atoms with Gasteiger partial charge in [0, 0.05) is 96.2 Å². The van der Waals surface area contributed by atoms with Crippen LogP contribution in [0.3, 0.4) is 0 Å². The van der Waals surface area contributed by atoms with Crippen LogP contribution in [0.4, 0.5) is 5.95 Å². The van der Waals surface area contributed by atoms with Crippen molar-refractivity contribution in [3.63, 3.8) is 0 Å². The van der Waals surface area contributed by atoms with Gasteiger partial charge in [-0.1, -0.05) is 93.3 Å². The maximum atomic E-state index is 13.6. The van der Waals surface area contributed by atoms with Crippen LogP contribution in [0, 0.1) is 0 Å². The molecule has 4 aromatic rings. The summed E-state index contributed by atoms with van der Waals surface area (Å²) in [6.45, 7) is 13.3. The zero-order chi connectivity index (χ0) is 33.1. The van der Waals surface area contributed by atoms with E-state index in [1.807, 2.05) is 0 Å². The number of unbranched alkanes of at least 4 members (excludes halogenated alkanes) is 4. The molecular formula is C38H52N8O2. The van der Waals surface area contributed by atoms with Gasteiger partial charge in [-0.25, -0.2) is 0 Å². The first kappa shape index (κ1) is 34.0. The third-order valence-corrected chi connectivity index (χ3v) is 9.81. The summed E-state index contributed by atoms with van der Waals surface area (Å²) < 4.78 is 0. The predicted octanol–water partition coefficient (Wildman–Crippen LogP) is 5.19. The number of hydrogen-bond acceptors (Lipinski definition) is 7. The largest absolute Gasteiger partial charge is 0.341 e. The average Bonchev–Trinajstić information content (AvgIpc) is 3.43. The lowest BCUT2D eigenvalue weighted by atomic mass is 10.1. The highest BCUT2D eigenvalue weighted by atomic mass is 16.2. The number of H-pyrrole nitrogens is 2. The molecule has 2 aliphatic rings. The van der Waals surface area contributed by atoms with Crippen molar-refractivity contribution >= 4 is 22.9 Å². The van der Waals surface area contributed by atoms with Gasteiger partial charge in [0.15, 0.2) is 0 Å².